The number of primary amides is 1. The Labute approximate surface area is 189 Å². The van der Waals surface area contributed by atoms with Crippen molar-refractivity contribution >= 4 is 28.5 Å². The van der Waals surface area contributed by atoms with Crippen molar-refractivity contribution in [2.75, 3.05) is 13.7 Å². The van der Waals surface area contributed by atoms with Crippen LogP contribution in [0.2, 0.25) is 5.02 Å². The zero-order valence-electron chi connectivity index (χ0n) is 17.4. The highest BCUT2D eigenvalue weighted by Gasteiger charge is 2.33. The minimum Gasteiger partial charge on any atom is -0.497 e. The highest BCUT2D eigenvalue weighted by atomic mass is 35.5. The van der Waals surface area contributed by atoms with Crippen LogP contribution in [-0.4, -0.2) is 29.6 Å². The second-order valence-corrected chi connectivity index (χ2v) is 8.29. The number of nitrogens with two attached hydrogens (primary N) is 1. The Hall–Kier alpha value is -3.51. The van der Waals surface area contributed by atoms with Gasteiger partial charge in [-0.1, -0.05) is 41.9 Å². The maximum Gasteiger partial charge on any atom is 0.315 e. The molecule has 0 saturated carbocycles. The quantitative estimate of drug-likeness (QED) is 0.423. The van der Waals surface area contributed by atoms with Crippen molar-refractivity contribution in [3.63, 3.8) is 0 Å². The van der Waals surface area contributed by atoms with E-state index in [1.807, 2.05) is 36.4 Å². The molecule has 3 N–H and O–H groups in total. The third-order valence-electron chi connectivity index (χ3n) is 6.11. The SMILES string of the molecule is COc1cccc(-c2ccc3c(c2)CCN(C(N)=O)C3c2c[nH]c3cc(F)c(Cl)cc23)c1. The highest BCUT2D eigenvalue weighted by Crippen LogP contribution is 2.40. The molecule has 0 aliphatic carbocycles. The fourth-order valence-corrected chi connectivity index (χ4v) is 4.71. The molecule has 5 rings (SSSR count). The third kappa shape index (κ3) is 3.37. The van der Waals surface area contributed by atoms with Crippen molar-refractivity contribution in [2.45, 2.75) is 12.5 Å². The second-order valence-electron chi connectivity index (χ2n) is 7.89. The van der Waals surface area contributed by atoms with Gasteiger partial charge in [0.05, 0.1) is 18.2 Å². The maximum absolute atomic E-state index is 14.0. The van der Waals surface area contributed by atoms with Crippen molar-refractivity contribution in [3.05, 3.63) is 88.3 Å². The molecule has 162 valence electrons. The molecule has 4 aromatic rings. The summed E-state index contributed by atoms with van der Waals surface area (Å²) < 4.78 is 19.3. The van der Waals surface area contributed by atoms with Crippen LogP contribution >= 0.6 is 11.6 Å². The maximum atomic E-state index is 14.0. The lowest BCUT2D eigenvalue weighted by Crippen LogP contribution is -2.43. The fraction of sp³-hybridized carbons (Fsp3) is 0.160. The Morgan fingerprint density at radius 3 is 2.75 bits per heavy atom. The molecule has 1 aliphatic rings. The third-order valence-corrected chi connectivity index (χ3v) is 6.40. The van der Waals surface area contributed by atoms with Gasteiger partial charge in [-0.3, -0.25) is 0 Å². The number of urea groups is 1. The van der Waals surface area contributed by atoms with Crippen LogP contribution in [0.3, 0.4) is 0 Å². The predicted octanol–water partition coefficient (Wildman–Crippen LogP) is 5.66. The summed E-state index contributed by atoms with van der Waals surface area (Å²) in [7, 11) is 1.65. The van der Waals surface area contributed by atoms with Crippen LogP contribution in [0.1, 0.15) is 22.7 Å². The number of rotatable bonds is 3. The molecular formula is C25H21ClFN3O2. The van der Waals surface area contributed by atoms with E-state index in [4.69, 9.17) is 22.1 Å². The van der Waals surface area contributed by atoms with E-state index in [1.54, 1.807) is 24.3 Å². The minimum absolute atomic E-state index is 0.0355. The average molecular weight is 450 g/mol. The molecule has 5 nitrogen and oxygen atoms in total. The van der Waals surface area contributed by atoms with E-state index in [2.05, 4.69) is 11.1 Å². The van der Waals surface area contributed by atoms with Crippen molar-refractivity contribution in [2.24, 2.45) is 5.73 Å². The van der Waals surface area contributed by atoms with Crippen LogP contribution in [0.25, 0.3) is 22.0 Å². The Morgan fingerprint density at radius 2 is 1.97 bits per heavy atom. The number of nitrogens with zero attached hydrogens (tertiary/aromatic N) is 1. The summed E-state index contributed by atoms with van der Waals surface area (Å²) in [4.78, 5) is 17.1. The first kappa shape index (κ1) is 20.4. The molecule has 1 aliphatic heterocycles. The van der Waals surface area contributed by atoms with Gasteiger partial charge in [0.15, 0.2) is 0 Å². The van der Waals surface area contributed by atoms with Crippen LogP contribution < -0.4 is 10.5 Å². The zero-order chi connectivity index (χ0) is 22.4. The van der Waals surface area contributed by atoms with Crippen LogP contribution in [0, 0.1) is 5.82 Å². The number of methoxy groups -OCH3 is 1. The molecule has 0 spiro atoms. The van der Waals surface area contributed by atoms with Gasteiger partial charge in [0, 0.05) is 29.2 Å². The predicted molar refractivity (Wildman–Crippen MR) is 124 cm³/mol. The molecular weight excluding hydrogens is 429 g/mol. The number of halogens is 2. The molecule has 3 aromatic carbocycles. The van der Waals surface area contributed by atoms with Gasteiger partial charge in [0.1, 0.15) is 11.6 Å². The molecule has 0 radical (unpaired) electrons. The first-order valence-electron chi connectivity index (χ1n) is 10.3. The highest BCUT2D eigenvalue weighted by molar-refractivity contribution is 6.31. The molecule has 7 heteroatoms. The van der Waals surface area contributed by atoms with Crippen LogP contribution in [0.5, 0.6) is 5.75 Å². The van der Waals surface area contributed by atoms with Crippen molar-refractivity contribution in [1.82, 2.24) is 9.88 Å². The van der Waals surface area contributed by atoms with E-state index in [-0.39, 0.29) is 5.02 Å². The number of nitrogens with one attached hydrogen (secondary N) is 1. The first-order valence-corrected chi connectivity index (χ1v) is 10.6. The number of hydrogen-bond acceptors (Lipinski definition) is 2. The number of H-pyrrole nitrogens is 1. The van der Waals surface area contributed by atoms with Crippen LogP contribution in [-0.2, 0) is 6.42 Å². The van der Waals surface area contributed by atoms with Gasteiger partial charge in [0.25, 0.3) is 0 Å². The number of fused-ring (bicyclic) bond motifs is 2. The van der Waals surface area contributed by atoms with E-state index >= 15 is 0 Å². The summed E-state index contributed by atoms with van der Waals surface area (Å²) in [5.74, 6) is 0.298. The Bertz CT molecular complexity index is 1350. The fourth-order valence-electron chi connectivity index (χ4n) is 4.55. The van der Waals surface area contributed by atoms with E-state index in [1.165, 1.54) is 6.07 Å². The lowest BCUT2D eigenvalue weighted by atomic mass is 9.86. The molecule has 1 atom stereocenters. The van der Waals surface area contributed by atoms with Crippen molar-refractivity contribution in [3.8, 4) is 16.9 Å². The molecule has 2 amide bonds. The Kier molecular flexibility index (Phi) is 5.02. The summed E-state index contributed by atoms with van der Waals surface area (Å²) in [6.45, 7) is 0.482. The molecule has 0 saturated heterocycles. The van der Waals surface area contributed by atoms with Gasteiger partial charge in [-0.15, -0.1) is 0 Å². The average Bonchev–Trinajstić information content (AvgIpc) is 3.20. The Balaban J connectivity index is 1.64. The molecule has 1 unspecified atom stereocenters. The second kappa shape index (κ2) is 7.88. The smallest absolute Gasteiger partial charge is 0.315 e. The summed E-state index contributed by atoms with van der Waals surface area (Å²) in [6.07, 6.45) is 2.48. The monoisotopic (exact) mass is 449 g/mol. The minimum atomic E-state index is -0.500. The van der Waals surface area contributed by atoms with Gasteiger partial charge < -0.3 is 20.4 Å². The van der Waals surface area contributed by atoms with Crippen LogP contribution in [0.4, 0.5) is 9.18 Å². The largest absolute Gasteiger partial charge is 0.497 e. The summed E-state index contributed by atoms with van der Waals surface area (Å²) in [5, 5.41) is 0.797. The number of benzene rings is 3. The molecule has 32 heavy (non-hydrogen) atoms. The lowest BCUT2D eigenvalue weighted by Gasteiger charge is -2.36. The topological polar surface area (TPSA) is 71.3 Å². The van der Waals surface area contributed by atoms with Gasteiger partial charge >= 0.3 is 6.03 Å². The van der Waals surface area contributed by atoms with Crippen molar-refractivity contribution in [1.29, 1.82) is 0 Å². The number of aromatic nitrogens is 1. The van der Waals surface area contributed by atoms with Crippen LogP contribution in [0.15, 0.2) is 60.8 Å². The standard InChI is InChI=1S/C25H21ClFN3O2/c1-32-17-4-2-3-14(10-17)15-5-6-18-16(9-15)7-8-30(25(28)31)24(18)20-13-29-23-12-22(27)21(26)11-19(20)23/h2-6,9-13,24,29H,7-8H2,1H3,(H2,28,31). The number of carbonyl (C=O) groups is 1. The Morgan fingerprint density at radius 1 is 1.16 bits per heavy atom. The van der Waals surface area contributed by atoms with E-state index in [9.17, 15) is 9.18 Å². The lowest BCUT2D eigenvalue weighted by molar-refractivity contribution is 0.190. The zero-order valence-corrected chi connectivity index (χ0v) is 18.1. The van der Waals surface area contributed by atoms with Crippen molar-refractivity contribution < 1.29 is 13.9 Å². The molecule has 2 heterocycles. The van der Waals surface area contributed by atoms with E-state index < -0.39 is 17.9 Å². The number of hydrogen-bond donors (Lipinski definition) is 2. The number of carbonyl (C=O) groups excluding carboxylic acids is 1. The summed E-state index contributed by atoms with van der Waals surface area (Å²) in [5.41, 5.74) is 11.4. The molecule has 0 bridgehead atoms. The van der Waals surface area contributed by atoms with E-state index in [0.717, 1.165) is 39.0 Å². The first-order chi connectivity index (χ1) is 15.5. The number of amides is 2. The normalized spacial score (nSPS) is 15.6. The molecule has 1 aromatic heterocycles. The summed E-state index contributed by atoms with van der Waals surface area (Å²) in [6, 6.07) is 16.2. The number of ether oxygens (including phenoxy) is 1. The summed E-state index contributed by atoms with van der Waals surface area (Å²) >= 11 is 6.06. The van der Waals surface area contributed by atoms with E-state index in [0.29, 0.717) is 18.5 Å². The van der Waals surface area contributed by atoms with Gasteiger partial charge in [-0.2, -0.15) is 0 Å². The van der Waals surface area contributed by atoms with Gasteiger partial charge in [0.2, 0.25) is 0 Å². The molecule has 0 fully saturated rings. The number of aromatic amines is 1. The van der Waals surface area contributed by atoms with Gasteiger partial charge in [-0.05, 0) is 52.9 Å². The van der Waals surface area contributed by atoms with Gasteiger partial charge in [-0.25, -0.2) is 9.18 Å².